The SMILES string of the molecule is OC(COc1ccc(Cl)cc1CN1CCCCO1)CN1CCCCCC1. The van der Waals surface area contributed by atoms with Crippen molar-refractivity contribution in [2.24, 2.45) is 0 Å². The molecule has 0 radical (unpaired) electrons. The lowest BCUT2D eigenvalue weighted by Gasteiger charge is -2.27. The number of β-amino-alcohol motifs (C(OH)–C–C–N with tert-alkyl or cyclic N) is 1. The number of hydrogen-bond donors (Lipinski definition) is 1. The van der Waals surface area contributed by atoms with E-state index in [4.69, 9.17) is 21.2 Å². The smallest absolute Gasteiger partial charge is 0.124 e. The minimum atomic E-state index is -0.483. The first kappa shape index (κ1) is 19.9. The van der Waals surface area contributed by atoms with E-state index in [1.54, 1.807) is 0 Å². The Morgan fingerprint density at radius 2 is 1.85 bits per heavy atom. The van der Waals surface area contributed by atoms with Crippen LogP contribution in [0.2, 0.25) is 5.02 Å². The average molecular weight is 383 g/mol. The predicted octanol–water partition coefficient (Wildman–Crippen LogP) is 3.48. The fourth-order valence-corrected chi connectivity index (χ4v) is 3.83. The molecule has 2 heterocycles. The second-order valence-corrected chi connectivity index (χ2v) is 7.77. The molecular formula is C20H31ClN2O3. The maximum Gasteiger partial charge on any atom is 0.124 e. The van der Waals surface area contributed by atoms with E-state index in [0.717, 1.165) is 50.4 Å². The van der Waals surface area contributed by atoms with Gasteiger partial charge in [-0.25, -0.2) is 0 Å². The number of aliphatic hydroxyl groups excluding tert-OH is 1. The van der Waals surface area contributed by atoms with Crippen LogP contribution in [-0.4, -0.2) is 60.6 Å². The van der Waals surface area contributed by atoms with E-state index in [0.29, 0.717) is 24.7 Å². The summed E-state index contributed by atoms with van der Waals surface area (Å²) in [6, 6.07) is 5.65. The lowest BCUT2D eigenvalue weighted by Crippen LogP contribution is -2.36. The van der Waals surface area contributed by atoms with E-state index in [2.05, 4.69) is 4.90 Å². The second kappa shape index (κ2) is 10.5. The van der Waals surface area contributed by atoms with Gasteiger partial charge in [-0.05, 0) is 57.0 Å². The van der Waals surface area contributed by atoms with Crippen molar-refractivity contribution in [2.75, 3.05) is 39.4 Å². The van der Waals surface area contributed by atoms with Crippen LogP contribution in [0.4, 0.5) is 0 Å². The maximum atomic E-state index is 10.4. The number of hydrogen-bond acceptors (Lipinski definition) is 5. The van der Waals surface area contributed by atoms with Crippen molar-refractivity contribution in [3.05, 3.63) is 28.8 Å². The Balaban J connectivity index is 1.52. The zero-order valence-electron chi connectivity index (χ0n) is 15.5. The van der Waals surface area contributed by atoms with Crippen LogP contribution in [0.1, 0.15) is 44.1 Å². The number of likely N-dealkylation sites (tertiary alicyclic amines) is 1. The summed E-state index contributed by atoms with van der Waals surface area (Å²) in [7, 11) is 0. The van der Waals surface area contributed by atoms with Gasteiger partial charge in [0.25, 0.3) is 0 Å². The topological polar surface area (TPSA) is 45.2 Å². The molecule has 0 aromatic heterocycles. The van der Waals surface area contributed by atoms with Gasteiger partial charge in [-0.1, -0.05) is 24.4 Å². The molecule has 0 amide bonds. The molecule has 2 saturated heterocycles. The van der Waals surface area contributed by atoms with Gasteiger partial charge in [-0.2, -0.15) is 5.06 Å². The highest BCUT2D eigenvalue weighted by Gasteiger charge is 2.17. The number of nitrogens with zero attached hydrogens (tertiary/aromatic N) is 2. The molecule has 26 heavy (non-hydrogen) atoms. The molecule has 0 bridgehead atoms. The van der Waals surface area contributed by atoms with Gasteiger partial charge in [0.05, 0.1) is 13.2 Å². The fourth-order valence-electron chi connectivity index (χ4n) is 3.63. The average Bonchev–Trinajstić information content (AvgIpc) is 2.90. The van der Waals surface area contributed by atoms with Crippen molar-refractivity contribution in [1.29, 1.82) is 0 Å². The summed E-state index contributed by atoms with van der Waals surface area (Å²) in [5.74, 6) is 0.776. The quantitative estimate of drug-likeness (QED) is 0.782. The summed E-state index contributed by atoms with van der Waals surface area (Å²) < 4.78 is 5.95. The number of aliphatic hydroxyl groups is 1. The molecule has 2 aliphatic rings. The Bertz CT molecular complexity index is 544. The van der Waals surface area contributed by atoms with Crippen LogP contribution in [0.15, 0.2) is 18.2 Å². The van der Waals surface area contributed by atoms with Gasteiger partial charge in [0.2, 0.25) is 0 Å². The lowest BCUT2D eigenvalue weighted by molar-refractivity contribution is -0.187. The highest BCUT2D eigenvalue weighted by molar-refractivity contribution is 6.30. The number of rotatable bonds is 7. The van der Waals surface area contributed by atoms with Gasteiger partial charge in [0.15, 0.2) is 0 Å². The molecule has 1 N–H and O–H groups in total. The number of halogens is 1. The molecule has 5 nitrogen and oxygen atoms in total. The highest BCUT2D eigenvalue weighted by atomic mass is 35.5. The molecule has 1 unspecified atom stereocenters. The molecule has 1 aromatic rings. The van der Waals surface area contributed by atoms with Crippen LogP contribution in [0.25, 0.3) is 0 Å². The summed E-state index contributed by atoms with van der Waals surface area (Å²) in [4.78, 5) is 8.05. The number of hydroxylamine groups is 2. The minimum absolute atomic E-state index is 0.298. The van der Waals surface area contributed by atoms with Gasteiger partial charge in [-0.15, -0.1) is 0 Å². The third-order valence-electron chi connectivity index (χ3n) is 5.04. The van der Waals surface area contributed by atoms with Crippen molar-refractivity contribution in [1.82, 2.24) is 9.96 Å². The summed E-state index contributed by atoms with van der Waals surface area (Å²) in [5, 5.41) is 13.1. The highest BCUT2D eigenvalue weighted by Crippen LogP contribution is 2.25. The zero-order chi connectivity index (χ0) is 18.2. The van der Waals surface area contributed by atoms with E-state index < -0.39 is 6.10 Å². The van der Waals surface area contributed by atoms with Crippen LogP contribution >= 0.6 is 11.6 Å². The van der Waals surface area contributed by atoms with Crippen molar-refractivity contribution >= 4 is 11.6 Å². The Morgan fingerprint density at radius 1 is 1.08 bits per heavy atom. The largest absolute Gasteiger partial charge is 0.491 e. The molecule has 0 spiro atoms. The molecule has 6 heteroatoms. The standard InChI is InChI=1S/C20H31ClN2O3/c21-18-7-8-20(17(13-18)14-23-11-5-6-12-26-23)25-16-19(24)15-22-9-3-1-2-4-10-22/h7-8,13,19,24H,1-6,9-12,14-16H2. The molecule has 2 aliphatic heterocycles. The van der Waals surface area contributed by atoms with Gasteiger partial charge >= 0.3 is 0 Å². The van der Waals surface area contributed by atoms with Crippen LogP contribution in [-0.2, 0) is 11.4 Å². The van der Waals surface area contributed by atoms with E-state index >= 15 is 0 Å². The Morgan fingerprint density at radius 3 is 2.58 bits per heavy atom. The van der Waals surface area contributed by atoms with Crippen molar-refractivity contribution < 1.29 is 14.7 Å². The zero-order valence-corrected chi connectivity index (χ0v) is 16.3. The predicted molar refractivity (Wildman–Crippen MR) is 103 cm³/mol. The summed E-state index contributed by atoms with van der Waals surface area (Å²) in [6.07, 6.45) is 6.83. The Kier molecular flexibility index (Phi) is 8.02. The third kappa shape index (κ3) is 6.39. The van der Waals surface area contributed by atoms with Crippen molar-refractivity contribution in [2.45, 2.75) is 51.2 Å². The van der Waals surface area contributed by atoms with Gasteiger partial charge < -0.3 is 14.7 Å². The first-order valence-electron chi connectivity index (χ1n) is 9.90. The van der Waals surface area contributed by atoms with Crippen LogP contribution in [0.3, 0.4) is 0 Å². The minimum Gasteiger partial charge on any atom is -0.491 e. The van der Waals surface area contributed by atoms with E-state index in [-0.39, 0.29) is 0 Å². The summed E-state index contributed by atoms with van der Waals surface area (Å²) in [6.45, 7) is 5.47. The molecule has 0 aliphatic carbocycles. The van der Waals surface area contributed by atoms with Crippen LogP contribution in [0, 0.1) is 0 Å². The van der Waals surface area contributed by atoms with Gasteiger partial charge in [0, 0.05) is 23.7 Å². The maximum absolute atomic E-state index is 10.4. The second-order valence-electron chi connectivity index (χ2n) is 7.34. The van der Waals surface area contributed by atoms with Gasteiger partial charge in [-0.3, -0.25) is 4.84 Å². The van der Waals surface area contributed by atoms with E-state index in [9.17, 15) is 5.11 Å². The van der Waals surface area contributed by atoms with E-state index in [1.807, 2.05) is 23.3 Å². The van der Waals surface area contributed by atoms with E-state index in [1.165, 1.54) is 25.7 Å². The van der Waals surface area contributed by atoms with Crippen molar-refractivity contribution in [3.63, 3.8) is 0 Å². The monoisotopic (exact) mass is 382 g/mol. The van der Waals surface area contributed by atoms with Gasteiger partial charge in [0.1, 0.15) is 18.5 Å². The normalized spacial score (nSPS) is 21.3. The molecule has 1 aromatic carbocycles. The molecule has 146 valence electrons. The first-order valence-corrected chi connectivity index (χ1v) is 10.3. The summed E-state index contributed by atoms with van der Waals surface area (Å²) in [5.41, 5.74) is 1.00. The molecule has 1 atom stereocenters. The molecule has 3 rings (SSSR count). The molecular weight excluding hydrogens is 352 g/mol. The molecule has 2 fully saturated rings. The third-order valence-corrected chi connectivity index (χ3v) is 5.28. The number of benzene rings is 1. The lowest BCUT2D eigenvalue weighted by atomic mass is 10.2. The van der Waals surface area contributed by atoms with Crippen molar-refractivity contribution in [3.8, 4) is 5.75 Å². The van der Waals surface area contributed by atoms with Crippen LogP contribution in [0.5, 0.6) is 5.75 Å². The summed E-state index contributed by atoms with van der Waals surface area (Å²) >= 11 is 6.17. The van der Waals surface area contributed by atoms with Crippen LogP contribution < -0.4 is 4.74 Å². The molecule has 0 saturated carbocycles. The number of ether oxygens (including phenoxy) is 1. The fraction of sp³-hybridized carbons (Fsp3) is 0.700. The first-order chi connectivity index (χ1) is 12.7. The Hall–Kier alpha value is -0.850. The Labute approximate surface area is 161 Å².